The molecule has 1 aromatic carbocycles. The van der Waals surface area contributed by atoms with Crippen molar-refractivity contribution in [3.8, 4) is 0 Å². The van der Waals surface area contributed by atoms with Crippen LogP contribution in [0.5, 0.6) is 0 Å². The fraction of sp³-hybridized carbons (Fsp3) is 0.560. The molecule has 0 saturated carbocycles. The number of hydrogen-bond acceptors (Lipinski definition) is 5. The predicted molar refractivity (Wildman–Crippen MR) is 130 cm³/mol. The highest BCUT2D eigenvalue weighted by molar-refractivity contribution is 7.90. The van der Waals surface area contributed by atoms with Crippen molar-refractivity contribution in [1.82, 2.24) is 9.21 Å². The summed E-state index contributed by atoms with van der Waals surface area (Å²) in [6, 6.07) is 4.34. The van der Waals surface area contributed by atoms with Gasteiger partial charge >= 0.3 is 0 Å². The molecule has 0 radical (unpaired) electrons. The molecule has 0 bridgehead atoms. The molecule has 1 amide bonds. The highest BCUT2D eigenvalue weighted by Gasteiger charge is 2.41. The van der Waals surface area contributed by atoms with E-state index in [9.17, 15) is 18.3 Å². The van der Waals surface area contributed by atoms with Crippen LogP contribution in [0.2, 0.25) is 0 Å². The third kappa shape index (κ3) is 4.92. The first-order valence-corrected chi connectivity index (χ1v) is 13.5. The summed E-state index contributed by atoms with van der Waals surface area (Å²) in [5.74, 6) is -0.539. The van der Waals surface area contributed by atoms with Crippen LogP contribution in [0.4, 0.5) is 10.1 Å². The minimum absolute atomic E-state index is 0.000483. The summed E-state index contributed by atoms with van der Waals surface area (Å²) in [5, 5.41) is 9.11. The molecule has 1 N–H and O–H groups in total. The van der Waals surface area contributed by atoms with E-state index < -0.39 is 21.1 Å². The second-order valence-corrected chi connectivity index (χ2v) is 11.5. The van der Waals surface area contributed by atoms with Crippen LogP contribution in [-0.2, 0) is 21.4 Å². The Balaban J connectivity index is 1.51. The first kappa shape index (κ1) is 24.9. The number of carbonyl (C=O) groups is 1. The largest absolute Gasteiger partial charge is 0.394 e. The van der Waals surface area contributed by atoms with Crippen molar-refractivity contribution in [2.75, 3.05) is 31.1 Å². The van der Waals surface area contributed by atoms with E-state index >= 15 is 4.39 Å². The van der Waals surface area contributed by atoms with Gasteiger partial charge in [-0.3, -0.25) is 4.79 Å². The first-order chi connectivity index (χ1) is 16.2. The third-order valence-corrected chi connectivity index (χ3v) is 9.62. The Morgan fingerprint density at radius 2 is 2.00 bits per heavy atom. The Kier molecular flexibility index (Phi) is 7.45. The van der Waals surface area contributed by atoms with E-state index in [0.29, 0.717) is 37.3 Å². The summed E-state index contributed by atoms with van der Waals surface area (Å²) in [4.78, 5) is 15.4. The third-order valence-electron chi connectivity index (χ3n) is 7.25. The van der Waals surface area contributed by atoms with Gasteiger partial charge in [-0.2, -0.15) is 4.31 Å². The molecule has 34 heavy (non-hydrogen) atoms. The highest BCUT2D eigenvalue weighted by Crippen LogP contribution is 2.34. The number of rotatable bonds is 5. The Bertz CT molecular complexity index is 1090. The number of carbonyl (C=O) groups excluding carboxylic acids is 1. The highest BCUT2D eigenvalue weighted by atomic mass is 32.2. The lowest BCUT2D eigenvalue weighted by Gasteiger charge is -2.41. The summed E-state index contributed by atoms with van der Waals surface area (Å²) < 4.78 is 43.6. The Hall–Kier alpha value is -2.23. The number of amides is 1. The SMILES string of the molecule is CC(=O)N1CCN(c2ccc(CN3[C@@H](C)CCC(C4=CCCC=C4)S3(=O)=O)c(F)c2)CC1CO. The number of nitrogens with zero attached hydrogens (tertiary/aromatic N) is 3. The van der Waals surface area contributed by atoms with Crippen LogP contribution in [0.25, 0.3) is 0 Å². The summed E-state index contributed by atoms with van der Waals surface area (Å²) in [6.07, 6.45) is 9.03. The van der Waals surface area contributed by atoms with Crippen molar-refractivity contribution in [1.29, 1.82) is 0 Å². The first-order valence-electron chi connectivity index (χ1n) is 12.0. The maximum atomic E-state index is 15.2. The van der Waals surface area contributed by atoms with Crippen molar-refractivity contribution in [2.45, 2.75) is 63.4 Å². The van der Waals surface area contributed by atoms with Crippen molar-refractivity contribution in [2.24, 2.45) is 0 Å². The zero-order chi connectivity index (χ0) is 24.5. The maximum absolute atomic E-state index is 15.2. The molecule has 0 aromatic heterocycles. The maximum Gasteiger partial charge on any atom is 0.221 e. The standard InChI is InChI=1S/C25H34FN3O4S/c1-18-8-11-25(20-6-4-3-5-7-20)34(32,33)29(18)15-21-9-10-22(14-24(21)26)27-12-13-28(19(2)31)23(16-27)17-30/h4,6-7,9-10,14,18,23,25,30H,3,5,8,11-13,15-17H2,1-2H3/t18-,23?,25?/m0/s1. The molecule has 7 nitrogen and oxygen atoms in total. The number of halogens is 1. The number of anilines is 1. The Labute approximate surface area is 201 Å². The van der Waals surface area contributed by atoms with Crippen LogP contribution in [0.3, 0.4) is 0 Å². The zero-order valence-electron chi connectivity index (χ0n) is 19.9. The van der Waals surface area contributed by atoms with Gasteiger partial charge in [-0.15, -0.1) is 0 Å². The van der Waals surface area contributed by atoms with Gasteiger partial charge in [-0.05, 0) is 50.3 Å². The van der Waals surface area contributed by atoms with Gasteiger partial charge in [0.1, 0.15) is 11.1 Å². The molecule has 1 aliphatic carbocycles. The van der Waals surface area contributed by atoms with Gasteiger partial charge in [-0.25, -0.2) is 12.8 Å². The second-order valence-electron chi connectivity index (χ2n) is 9.46. The number of sulfonamides is 1. The van der Waals surface area contributed by atoms with Gasteiger partial charge < -0.3 is 14.9 Å². The summed E-state index contributed by atoms with van der Waals surface area (Å²) >= 11 is 0. The number of benzene rings is 1. The molecule has 2 aliphatic heterocycles. The van der Waals surface area contributed by atoms with E-state index in [1.165, 1.54) is 17.3 Å². The molecular formula is C25H34FN3O4S. The summed E-state index contributed by atoms with van der Waals surface area (Å²) in [5.41, 5.74) is 1.85. The number of allylic oxidation sites excluding steroid dienone is 3. The molecule has 2 unspecified atom stereocenters. The van der Waals surface area contributed by atoms with E-state index in [1.54, 1.807) is 17.0 Å². The molecule has 1 aromatic rings. The Morgan fingerprint density at radius 1 is 1.21 bits per heavy atom. The van der Waals surface area contributed by atoms with Gasteiger partial charge in [0.15, 0.2) is 0 Å². The molecule has 3 atom stereocenters. The van der Waals surface area contributed by atoms with Crippen molar-refractivity contribution >= 4 is 21.6 Å². The topological polar surface area (TPSA) is 81.2 Å². The number of aliphatic hydroxyl groups is 1. The van der Waals surface area contributed by atoms with E-state index in [1.807, 2.05) is 30.1 Å². The average molecular weight is 492 g/mol. The number of piperazine rings is 1. The van der Waals surface area contributed by atoms with E-state index in [4.69, 9.17) is 0 Å². The fourth-order valence-electron chi connectivity index (χ4n) is 5.25. The predicted octanol–water partition coefficient (Wildman–Crippen LogP) is 2.81. The van der Waals surface area contributed by atoms with Gasteiger partial charge in [0.25, 0.3) is 0 Å². The molecule has 4 rings (SSSR count). The molecular weight excluding hydrogens is 457 g/mol. The van der Waals surface area contributed by atoms with E-state index in [0.717, 1.165) is 24.8 Å². The van der Waals surface area contributed by atoms with Gasteiger partial charge in [0, 0.05) is 50.4 Å². The van der Waals surface area contributed by atoms with E-state index in [-0.39, 0.29) is 31.1 Å². The van der Waals surface area contributed by atoms with Crippen molar-refractivity contribution in [3.05, 3.63) is 53.4 Å². The monoisotopic (exact) mass is 491 g/mol. The molecule has 186 valence electrons. The smallest absolute Gasteiger partial charge is 0.221 e. The Morgan fingerprint density at radius 3 is 2.65 bits per heavy atom. The van der Waals surface area contributed by atoms with Crippen LogP contribution in [0, 0.1) is 5.82 Å². The normalized spacial score (nSPS) is 27.5. The lowest BCUT2D eigenvalue weighted by molar-refractivity contribution is -0.132. The average Bonchev–Trinajstić information content (AvgIpc) is 2.82. The fourth-order valence-corrected chi connectivity index (χ4v) is 7.45. The zero-order valence-corrected chi connectivity index (χ0v) is 20.7. The van der Waals surface area contributed by atoms with Gasteiger partial charge in [0.2, 0.25) is 15.9 Å². The minimum Gasteiger partial charge on any atom is -0.394 e. The van der Waals surface area contributed by atoms with E-state index in [2.05, 4.69) is 0 Å². The second kappa shape index (κ2) is 10.2. The lowest BCUT2D eigenvalue weighted by Crippen LogP contribution is -2.56. The van der Waals surface area contributed by atoms with Crippen molar-refractivity contribution < 1.29 is 22.7 Å². The van der Waals surface area contributed by atoms with Crippen LogP contribution in [0.1, 0.15) is 45.1 Å². The van der Waals surface area contributed by atoms with Gasteiger partial charge in [-0.1, -0.05) is 24.3 Å². The van der Waals surface area contributed by atoms with Gasteiger partial charge in [0.05, 0.1) is 12.6 Å². The van der Waals surface area contributed by atoms with Crippen LogP contribution < -0.4 is 4.90 Å². The minimum atomic E-state index is -3.61. The lowest BCUT2D eigenvalue weighted by atomic mass is 9.99. The quantitative estimate of drug-likeness (QED) is 0.685. The number of aliphatic hydroxyl groups excluding tert-OH is 1. The molecule has 9 heteroatoms. The molecule has 2 heterocycles. The molecule has 0 spiro atoms. The summed E-state index contributed by atoms with van der Waals surface area (Å²) in [6.45, 7) is 4.62. The number of hydrogen-bond donors (Lipinski definition) is 1. The summed E-state index contributed by atoms with van der Waals surface area (Å²) in [7, 11) is -3.61. The molecule has 2 saturated heterocycles. The van der Waals surface area contributed by atoms with Crippen LogP contribution in [0.15, 0.2) is 42.0 Å². The van der Waals surface area contributed by atoms with Crippen molar-refractivity contribution in [3.63, 3.8) is 0 Å². The van der Waals surface area contributed by atoms with Crippen LogP contribution in [-0.4, -0.2) is 72.2 Å². The van der Waals surface area contributed by atoms with Crippen LogP contribution >= 0.6 is 0 Å². The molecule has 2 fully saturated rings. The molecule has 3 aliphatic rings.